The first-order chi connectivity index (χ1) is 7.34. The molecule has 1 aromatic carbocycles. The van der Waals surface area contributed by atoms with Gasteiger partial charge in [0.2, 0.25) is 0 Å². The van der Waals surface area contributed by atoms with Gasteiger partial charge < -0.3 is 10.5 Å². The molecule has 1 aromatic heterocycles. The third-order valence-electron chi connectivity index (χ3n) is 2.58. The van der Waals surface area contributed by atoms with Crippen molar-refractivity contribution in [1.29, 1.82) is 0 Å². The quantitative estimate of drug-likeness (QED) is 0.660. The van der Waals surface area contributed by atoms with Crippen molar-refractivity contribution < 1.29 is 4.74 Å². The molecule has 1 aliphatic rings. The summed E-state index contributed by atoms with van der Waals surface area (Å²) in [7, 11) is 0. The van der Waals surface area contributed by atoms with Crippen molar-refractivity contribution in [2.24, 2.45) is 0 Å². The molecule has 0 spiro atoms. The molecule has 0 saturated heterocycles. The summed E-state index contributed by atoms with van der Waals surface area (Å²) in [5, 5.41) is 0. The van der Waals surface area contributed by atoms with E-state index in [0.717, 1.165) is 22.6 Å². The maximum absolute atomic E-state index is 5.71. The molecule has 0 bridgehead atoms. The van der Waals surface area contributed by atoms with Crippen LogP contribution in [-0.2, 0) is 6.61 Å². The molecule has 2 heterocycles. The smallest absolute Gasteiger partial charge is 0.129 e. The third kappa shape index (κ3) is 1.24. The van der Waals surface area contributed by atoms with Gasteiger partial charge >= 0.3 is 0 Å². The van der Waals surface area contributed by atoms with Crippen LogP contribution < -0.4 is 10.5 Å². The van der Waals surface area contributed by atoms with E-state index in [2.05, 4.69) is 4.98 Å². The second kappa shape index (κ2) is 2.98. The van der Waals surface area contributed by atoms with Crippen molar-refractivity contribution >= 4 is 5.69 Å². The first kappa shape index (κ1) is 8.29. The lowest BCUT2D eigenvalue weighted by Crippen LogP contribution is -2.06. The zero-order valence-corrected chi connectivity index (χ0v) is 8.10. The Morgan fingerprint density at radius 2 is 2.13 bits per heavy atom. The van der Waals surface area contributed by atoms with Crippen LogP contribution in [-0.4, -0.2) is 4.98 Å². The predicted molar refractivity (Wildman–Crippen MR) is 58.4 cm³/mol. The van der Waals surface area contributed by atoms with E-state index < -0.39 is 0 Å². The summed E-state index contributed by atoms with van der Waals surface area (Å²) in [5.74, 6) is 0.855. The minimum atomic E-state index is 0.569. The summed E-state index contributed by atoms with van der Waals surface area (Å²) in [5.41, 5.74) is 9.83. The van der Waals surface area contributed by atoms with Gasteiger partial charge in [-0.05, 0) is 23.8 Å². The first-order valence-corrected chi connectivity index (χ1v) is 4.80. The van der Waals surface area contributed by atoms with E-state index in [4.69, 9.17) is 10.5 Å². The number of hydrogen-bond acceptors (Lipinski definition) is 3. The first-order valence-electron chi connectivity index (χ1n) is 4.80. The number of anilines is 1. The van der Waals surface area contributed by atoms with Gasteiger partial charge in [0.25, 0.3) is 0 Å². The number of nitrogen functional groups attached to an aromatic ring is 1. The topological polar surface area (TPSA) is 48.1 Å². The number of rotatable bonds is 0. The summed E-state index contributed by atoms with van der Waals surface area (Å²) < 4.78 is 5.61. The van der Waals surface area contributed by atoms with Crippen LogP contribution in [0.2, 0.25) is 0 Å². The van der Waals surface area contributed by atoms with Gasteiger partial charge in [-0.3, -0.25) is 4.98 Å². The molecule has 0 unspecified atom stereocenters. The van der Waals surface area contributed by atoms with E-state index in [-0.39, 0.29) is 0 Å². The number of nitrogens with zero attached hydrogens (tertiary/aromatic N) is 1. The molecule has 74 valence electrons. The number of pyridine rings is 1. The Labute approximate surface area is 87.5 Å². The summed E-state index contributed by atoms with van der Waals surface area (Å²) >= 11 is 0. The fourth-order valence-corrected chi connectivity index (χ4v) is 1.84. The molecule has 1 aliphatic heterocycles. The van der Waals surface area contributed by atoms with Gasteiger partial charge in [-0.15, -0.1) is 0 Å². The number of aromatic nitrogens is 1. The molecular weight excluding hydrogens is 188 g/mol. The van der Waals surface area contributed by atoms with Crippen molar-refractivity contribution in [3.8, 4) is 16.9 Å². The van der Waals surface area contributed by atoms with Crippen LogP contribution in [0.1, 0.15) is 5.56 Å². The second-order valence-electron chi connectivity index (χ2n) is 3.58. The molecule has 3 heteroatoms. The average molecular weight is 198 g/mol. The Bertz CT molecular complexity index is 523. The molecule has 0 radical (unpaired) electrons. The van der Waals surface area contributed by atoms with Crippen molar-refractivity contribution in [2.75, 3.05) is 5.73 Å². The van der Waals surface area contributed by atoms with Crippen LogP contribution in [0.4, 0.5) is 5.69 Å². The summed E-state index contributed by atoms with van der Waals surface area (Å²) in [6.07, 6.45) is 3.64. The zero-order chi connectivity index (χ0) is 10.3. The minimum Gasteiger partial charge on any atom is -0.488 e. The van der Waals surface area contributed by atoms with Crippen molar-refractivity contribution in [1.82, 2.24) is 4.98 Å². The van der Waals surface area contributed by atoms with Gasteiger partial charge in [0.05, 0.1) is 0 Å². The zero-order valence-electron chi connectivity index (χ0n) is 8.10. The molecule has 15 heavy (non-hydrogen) atoms. The monoisotopic (exact) mass is 198 g/mol. The van der Waals surface area contributed by atoms with Crippen LogP contribution in [0.5, 0.6) is 5.75 Å². The van der Waals surface area contributed by atoms with Crippen LogP contribution >= 0.6 is 0 Å². The number of ether oxygens (including phenoxy) is 1. The van der Waals surface area contributed by atoms with E-state index >= 15 is 0 Å². The van der Waals surface area contributed by atoms with Gasteiger partial charge in [-0.25, -0.2) is 0 Å². The van der Waals surface area contributed by atoms with E-state index in [9.17, 15) is 0 Å². The standard InChI is InChI=1S/C12H10N2O/c13-9-1-2-11-10-3-4-14-6-8(10)7-15-12(11)5-9/h1-6H,7,13H2. The van der Waals surface area contributed by atoms with Crippen molar-refractivity contribution in [3.63, 3.8) is 0 Å². The molecule has 0 aliphatic carbocycles. The SMILES string of the molecule is Nc1ccc2c(c1)OCc1cnccc1-2. The highest BCUT2D eigenvalue weighted by atomic mass is 16.5. The Kier molecular flexibility index (Phi) is 1.65. The van der Waals surface area contributed by atoms with Crippen LogP contribution in [0.25, 0.3) is 11.1 Å². The van der Waals surface area contributed by atoms with Crippen LogP contribution in [0, 0.1) is 0 Å². The van der Waals surface area contributed by atoms with Crippen molar-refractivity contribution in [3.05, 3.63) is 42.2 Å². The molecule has 0 atom stereocenters. The van der Waals surface area contributed by atoms with Gasteiger partial charge in [0.15, 0.2) is 0 Å². The molecule has 2 aromatic rings. The predicted octanol–water partition coefficient (Wildman–Crippen LogP) is 2.22. The molecule has 3 nitrogen and oxygen atoms in total. The second-order valence-corrected chi connectivity index (χ2v) is 3.58. The van der Waals surface area contributed by atoms with E-state index in [1.807, 2.05) is 30.5 Å². The largest absolute Gasteiger partial charge is 0.488 e. The van der Waals surface area contributed by atoms with E-state index in [1.165, 1.54) is 5.56 Å². The molecule has 2 N–H and O–H groups in total. The Balaban J connectivity index is 2.26. The van der Waals surface area contributed by atoms with Crippen molar-refractivity contribution in [2.45, 2.75) is 6.61 Å². The lowest BCUT2D eigenvalue weighted by atomic mass is 9.99. The van der Waals surface area contributed by atoms with Gasteiger partial charge in [-0.1, -0.05) is 0 Å². The highest BCUT2D eigenvalue weighted by Crippen LogP contribution is 2.37. The number of benzene rings is 1. The Morgan fingerprint density at radius 3 is 3.07 bits per heavy atom. The number of hydrogen-bond donors (Lipinski definition) is 1. The van der Waals surface area contributed by atoms with Gasteiger partial charge in [0.1, 0.15) is 12.4 Å². The summed E-state index contributed by atoms with van der Waals surface area (Å²) in [4.78, 5) is 4.08. The lowest BCUT2D eigenvalue weighted by Gasteiger charge is -2.20. The highest BCUT2D eigenvalue weighted by molar-refractivity contribution is 5.76. The Hall–Kier alpha value is -2.03. The van der Waals surface area contributed by atoms with Gasteiger partial charge in [-0.2, -0.15) is 0 Å². The lowest BCUT2D eigenvalue weighted by molar-refractivity contribution is 0.302. The molecule has 0 fully saturated rings. The summed E-state index contributed by atoms with van der Waals surface area (Å²) in [6.45, 7) is 0.569. The third-order valence-corrected chi connectivity index (χ3v) is 2.58. The summed E-state index contributed by atoms with van der Waals surface area (Å²) in [6, 6.07) is 7.74. The molecule has 0 saturated carbocycles. The number of nitrogens with two attached hydrogens (primary N) is 1. The average Bonchev–Trinajstić information content (AvgIpc) is 2.28. The Morgan fingerprint density at radius 1 is 1.20 bits per heavy atom. The van der Waals surface area contributed by atoms with E-state index in [1.54, 1.807) is 6.20 Å². The fraction of sp³-hybridized carbons (Fsp3) is 0.0833. The van der Waals surface area contributed by atoms with E-state index in [0.29, 0.717) is 6.61 Å². The minimum absolute atomic E-state index is 0.569. The number of fused-ring (bicyclic) bond motifs is 3. The van der Waals surface area contributed by atoms with Gasteiger partial charge in [0, 0.05) is 35.3 Å². The van der Waals surface area contributed by atoms with Crippen LogP contribution in [0.15, 0.2) is 36.7 Å². The maximum Gasteiger partial charge on any atom is 0.129 e. The molecular formula is C12H10N2O. The highest BCUT2D eigenvalue weighted by Gasteiger charge is 2.16. The van der Waals surface area contributed by atoms with Crippen LogP contribution in [0.3, 0.4) is 0 Å². The molecule has 3 rings (SSSR count). The normalized spacial score (nSPS) is 12.5. The maximum atomic E-state index is 5.71. The fourth-order valence-electron chi connectivity index (χ4n) is 1.84. The molecule has 0 amide bonds.